The van der Waals surface area contributed by atoms with Crippen LogP contribution in [-0.2, 0) is 4.79 Å². The van der Waals surface area contributed by atoms with Gasteiger partial charge < -0.3 is 10.2 Å². The number of hydrogen-bond donors (Lipinski definition) is 1. The first-order valence-electron chi connectivity index (χ1n) is 8.80. The quantitative estimate of drug-likeness (QED) is 0.909. The van der Waals surface area contributed by atoms with E-state index >= 15 is 0 Å². The van der Waals surface area contributed by atoms with Crippen molar-refractivity contribution in [2.24, 2.45) is 0 Å². The number of rotatable bonds is 2. The summed E-state index contributed by atoms with van der Waals surface area (Å²) >= 11 is 0. The van der Waals surface area contributed by atoms with Crippen LogP contribution in [-0.4, -0.2) is 41.4 Å². The lowest BCUT2D eigenvalue weighted by molar-refractivity contribution is -0.128. The highest BCUT2D eigenvalue weighted by molar-refractivity contribution is 6.01. The number of nitrogens with one attached hydrogen (secondary N) is 1. The predicted molar refractivity (Wildman–Crippen MR) is 91.1 cm³/mol. The lowest BCUT2D eigenvalue weighted by atomic mass is 9.93. The molecule has 5 heteroatoms. The molecule has 5 nitrogen and oxygen atoms in total. The van der Waals surface area contributed by atoms with Gasteiger partial charge in [0, 0.05) is 13.1 Å². The van der Waals surface area contributed by atoms with Crippen LogP contribution in [0.5, 0.6) is 0 Å². The minimum Gasteiger partial charge on any atom is -0.330 e. The summed E-state index contributed by atoms with van der Waals surface area (Å²) in [7, 11) is 1.75. The fraction of sp³-hybridized carbons (Fsp3) is 0.474. The van der Waals surface area contributed by atoms with Crippen LogP contribution in [0.25, 0.3) is 0 Å². The molecule has 0 radical (unpaired) electrons. The molecule has 0 spiro atoms. The average Bonchev–Trinajstić information content (AvgIpc) is 2.97. The second kappa shape index (κ2) is 5.96. The van der Waals surface area contributed by atoms with Gasteiger partial charge >= 0.3 is 6.03 Å². The van der Waals surface area contributed by atoms with Crippen LogP contribution in [0.3, 0.4) is 0 Å². The number of carbonyl (C=O) groups is 2. The van der Waals surface area contributed by atoms with Crippen LogP contribution >= 0.6 is 0 Å². The largest absolute Gasteiger partial charge is 0.330 e. The Hall–Kier alpha value is -2.30. The van der Waals surface area contributed by atoms with Crippen LogP contribution in [0.4, 0.5) is 4.79 Å². The van der Waals surface area contributed by atoms with Crippen molar-refractivity contribution < 1.29 is 9.59 Å². The Morgan fingerprint density at radius 3 is 2.46 bits per heavy atom. The first kappa shape index (κ1) is 15.2. The van der Waals surface area contributed by atoms with E-state index in [1.807, 2.05) is 35.2 Å². The van der Waals surface area contributed by atoms with Crippen molar-refractivity contribution in [3.8, 4) is 0 Å². The number of hydrogen-bond acceptors (Lipinski definition) is 2. The maximum atomic E-state index is 13.2. The van der Waals surface area contributed by atoms with Gasteiger partial charge in [0.15, 0.2) is 0 Å². The first-order chi connectivity index (χ1) is 11.7. The van der Waals surface area contributed by atoms with Gasteiger partial charge in [0.1, 0.15) is 0 Å². The van der Waals surface area contributed by atoms with E-state index in [1.54, 1.807) is 11.9 Å². The van der Waals surface area contributed by atoms with Gasteiger partial charge in [0.2, 0.25) is 0 Å². The molecule has 1 atom stereocenters. The molecule has 2 heterocycles. The highest BCUT2D eigenvalue weighted by Gasteiger charge is 2.44. The lowest BCUT2D eigenvalue weighted by Gasteiger charge is -2.31. The Kier molecular flexibility index (Phi) is 3.79. The molecule has 1 N–H and O–H groups in total. The number of urea groups is 1. The third kappa shape index (κ3) is 2.39. The molecular weight excluding hydrogens is 302 g/mol. The summed E-state index contributed by atoms with van der Waals surface area (Å²) in [5, 5.41) is 2.99. The van der Waals surface area contributed by atoms with E-state index in [2.05, 4.69) is 5.32 Å². The van der Waals surface area contributed by atoms with Crippen LogP contribution in [0.2, 0.25) is 0 Å². The Morgan fingerprint density at radius 2 is 1.75 bits per heavy atom. The zero-order valence-electron chi connectivity index (χ0n) is 14.0. The van der Waals surface area contributed by atoms with Crippen molar-refractivity contribution in [3.05, 3.63) is 47.2 Å². The summed E-state index contributed by atoms with van der Waals surface area (Å²) in [5.74, 6) is 0.0950. The van der Waals surface area contributed by atoms with Gasteiger partial charge in [-0.15, -0.1) is 0 Å². The number of benzene rings is 1. The lowest BCUT2D eigenvalue weighted by Crippen LogP contribution is -2.45. The van der Waals surface area contributed by atoms with Gasteiger partial charge in [0.25, 0.3) is 5.91 Å². The molecule has 4 rings (SSSR count). The molecule has 1 saturated carbocycles. The van der Waals surface area contributed by atoms with Crippen molar-refractivity contribution in [2.75, 3.05) is 13.6 Å². The molecule has 1 aromatic rings. The van der Waals surface area contributed by atoms with E-state index in [1.165, 1.54) is 19.3 Å². The second-order valence-corrected chi connectivity index (χ2v) is 6.94. The van der Waals surface area contributed by atoms with Gasteiger partial charge in [-0.2, -0.15) is 0 Å². The first-order valence-corrected chi connectivity index (χ1v) is 8.80. The summed E-state index contributed by atoms with van der Waals surface area (Å²) in [4.78, 5) is 29.1. The number of likely N-dealkylation sites (N-methyl/N-ethyl adjacent to an activating group) is 1. The average molecular weight is 325 g/mol. The molecule has 3 amide bonds. The van der Waals surface area contributed by atoms with E-state index in [-0.39, 0.29) is 18.0 Å². The molecule has 1 unspecified atom stereocenters. The predicted octanol–water partition coefficient (Wildman–Crippen LogP) is 2.81. The summed E-state index contributed by atoms with van der Waals surface area (Å²) in [6.07, 6.45) is 5.79. The monoisotopic (exact) mass is 325 g/mol. The summed E-state index contributed by atoms with van der Waals surface area (Å²) < 4.78 is 0. The van der Waals surface area contributed by atoms with E-state index in [4.69, 9.17) is 0 Å². The van der Waals surface area contributed by atoms with Crippen LogP contribution < -0.4 is 5.32 Å². The third-order valence-electron chi connectivity index (χ3n) is 5.54. The van der Waals surface area contributed by atoms with Crippen molar-refractivity contribution in [3.63, 3.8) is 0 Å². The molecular formula is C19H23N3O2. The molecule has 1 aromatic carbocycles. The Bertz CT molecular complexity index is 692. The minimum atomic E-state index is -0.342. The highest BCUT2D eigenvalue weighted by atomic mass is 16.2. The van der Waals surface area contributed by atoms with E-state index in [0.717, 1.165) is 29.7 Å². The van der Waals surface area contributed by atoms with E-state index < -0.39 is 0 Å². The summed E-state index contributed by atoms with van der Waals surface area (Å²) in [6.45, 7) is 0.562. The number of carbonyl (C=O) groups excluding carboxylic acids is 2. The van der Waals surface area contributed by atoms with Gasteiger partial charge in [0.05, 0.1) is 23.9 Å². The molecule has 24 heavy (non-hydrogen) atoms. The maximum Gasteiger partial charge on any atom is 0.322 e. The topological polar surface area (TPSA) is 52.7 Å². The molecule has 1 aliphatic carbocycles. The van der Waals surface area contributed by atoms with Crippen molar-refractivity contribution in [1.29, 1.82) is 0 Å². The Balaban J connectivity index is 1.69. The zero-order valence-corrected chi connectivity index (χ0v) is 14.0. The maximum absolute atomic E-state index is 13.2. The third-order valence-corrected chi connectivity index (χ3v) is 5.54. The molecule has 0 saturated heterocycles. The molecule has 0 bridgehead atoms. The summed E-state index contributed by atoms with van der Waals surface area (Å²) in [6, 6.07) is 9.61. The van der Waals surface area contributed by atoms with E-state index in [0.29, 0.717) is 12.6 Å². The Morgan fingerprint density at radius 1 is 1.04 bits per heavy atom. The Labute approximate surface area is 142 Å². The minimum absolute atomic E-state index is 0.0950. The fourth-order valence-electron chi connectivity index (χ4n) is 4.17. The van der Waals surface area contributed by atoms with E-state index in [9.17, 15) is 9.59 Å². The number of nitrogens with zero attached hydrogens (tertiary/aromatic N) is 2. The smallest absolute Gasteiger partial charge is 0.322 e. The van der Waals surface area contributed by atoms with Crippen LogP contribution in [0.1, 0.15) is 43.7 Å². The van der Waals surface area contributed by atoms with Gasteiger partial charge in [-0.25, -0.2) is 4.79 Å². The van der Waals surface area contributed by atoms with Crippen LogP contribution in [0, 0.1) is 0 Å². The molecule has 126 valence electrons. The molecule has 2 aliphatic heterocycles. The fourth-order valence-corrected chi connectivity index (χ4v) is 4.17. The SMILES string of the molecule is CN1C(=O)NC(c2ccccc2)C2=C1CN(C1CCCCC1)C2=O. The van der Waals surface area contributed by atoms with Crippen LogP contribution in [0.15, 0.2) is 41.6 Å². The highest BCUT2D eigenvalue weighted by Crippen LogP contribution is 2.38. The molecule has 1 fully saturated rings. The zero-order chi connectivity index (χ0) is 16.7. The number of amides is 3. The van der Waals surface area contributed by atoms with Crippen molar-refractivity contribution >= 4 is 11.9 Å². The van der Waals surface area contributed by atoms with Gasteiger partial charge in [-0.1, -0.05) is 49.6 Å². The summed E-state index contributed by atoms with van der Waals surface area (Å²) in [5.41, 5.74) is 2.57. The van der Waals surface area contributed by atoms with Gasteiger partial charge in [-0.3, -0.25) is 9.69 Å². The molecule has 0 aromatic heterocycles. The van der Waals surface area contributed by atoms with Crippen molar-refractivity contribution in [2.45, 2.75) is 44.2 Å². The van der Waals surface area contributed by atoms with Crippen molar-refractivity contribution in [1.82, 2.24) is 15.1 Å². The standard InChI is InChI=1S/C19H23N3O2/c1-21-15-12-22(14-10-6-3-7-11-14)18(23)16(15)17(20-19(21)24)13-8-4-2-5-9-13/h2,4-5,8-9,14,17H,3,6-7,10-12H2,1H3,(H,20,24). The molecule has 3 aliphatic rings. The second-order valence-electron chi connectivity index (χ2n) is 6.94. The normalized spacial score (nSPS) is 25.1. The van der Waals surface area contributed by atoms with Gasteiger partial charge in [-0.05, 0) is 18.4 Å².